The van der Waals surface area contributed by atoms with Crippen molar-refractivity contribution in [3.05, 3.63) is 35.4 Å². The molecule has 0 fully saturated rings. The molecule has 0 radical (unpaired) electrons. The van der Waals surface area contributed by atoms with Crippen LogP contribution >= 0.6 is 0 Å². The maximum absolute atomic E-state index is 12.0. The average molecular weight is 363 g/mol. The third kappa shape index (κ3) is 9.59. The van der Waals surface area contributed by atoms with Crippen molar-refractivity contribution < 1.29 is 19.1 Å². The van der Waals surface area contributed by atoms with Crippen LogP contribution in [0.15, 0.2) is 24.3 Å². The molecule has 0 atom stereocenters. The fourth-order valence-corrected chi connectivity index (χ4v) is 2.65. The van der Waals surface area contributed by atoms with Crippen molar-refractivity contribution in [2.24, 2.45) is 0 Å². The van der Waals surface area contributed by atoms with Crippen LogP contribution in [0.25, 0.3) is 0 Å². The first-order chi connectivity index (χ1) is 12.7. The van der Waals surface area contributed by atoms with Crippen LogP contribution in [0, 0.1) is 0 Å². The van der Waals surface area contributed by atoms with E-state index in [1.54, 1.807) is 24.3 Å². The maximum Gasteiger partial charge on any atom is 0.338 e. The Hall–Kier alpha value is -1.84. The van der Waals surface area contributed by atoms with Gasteiger partial charge in [-0.25, -0.2) is 9.59 Å². The van der Waals surface area contributed by atoms with Gasteiger partial charge < -0.3 is 9.47 Å². The number of carbonyl (C=O) groups is 2. The molecule has 0 aliphatic carbocycles. The lowest BCUT2D eigenvalue weighted by Crippen LogP contribution is -2.09. The Bertz CT molecular complexity index is 460. The molecule has 0 amide bonds. The maximum atomic E-state index is 12.0. The van der Waals surface area contributed by atoms with Crippen LogP contribution < -0.4 is 0 Å². The van der Waals surface area contributed by atoms with E-state index in [-0.39, 0.29) is 11.9 Å². The first kappa shape index (κ1) is 22.2. The SMILES string of the molecule is CCCCCCCOC(=O)c1ccc(C(=O)OCCCCCCC)cc1. The molecule has 0 aliphatic heterocycles. The summed E-state index contributed by atoms with van der Waals surface area (Å²) < 4.78 is 10.5. The first-order valence-electron chi connectivity index (χ1n) is 10.1. The van der Waals surface area contributed by atoms with E-state index in [4.69, 9.17) is 9.47 Å². The Labute approximate surface area is 158 Å². The number of rotatable bonds is 14. The van der Waals surface area contributed by atoms with Crippen LogP contribution in [0.4, 0.5) is 0 Å². The first-order valence-corrected chi connectivity index (χ1v) is 10.1. The predicted octanol–water partition coefficient (Wildman–Crippen LogP) is 5.94. The molecule has 0 unspecified atom stereocenters. The molecule has 1 aromatic carbocycles. The predicted molar refractivity (Wildman–Crippen MR) is 105 cm³/mol. The molecular formula is C22H34O4. The summed E-state index contributed by atoms with van der Waals surface area (Å²) in [6, 6.07) is 6.49. The van der Waals surface area contributed by atoms with Crippen molar-refractivity contribution in [2.45, 2.75) is 78.1 Å². The zero-order valence-corrected chi connectivity index (χ0v) is 16.4. The zero-order chi connectivity index (χ0) is 19.0. The normalized spacial score (nSPS) is 10.5. The van der Waals surface area contributed by atoms with Gasteiger partial charge in [-0.05, 0) is 37.1 Å². The number of hydrogen-bond acceptors (Lipinski definition) is 4. The molecule has 4 heteroatoms. The van der Waals surface area contributed by atoms with E-state index in [0.29, 0.717) is 24.3 Å². The number of esters is 2. The summed E-state index contributed by atoms with van der Waals surface area (Å²) in [7, 11) is 0. The Kier molecular flexibility index (Phi) is 12.2. The molecule has 4 nitrogen and oxygen atoms in total. The molecule has 0 bridgehead atoms. The lowest BCUT2D eigenvalue weighted by atomic mass is 10.1. The minimum Gasteiger partial charge on any atom is -0.462 e. The highest BCUT2D eigenvalue weighted by Crippen LogP contribution is 2.10. The number of unbranched alkanes of at least 4 members (excludes halogenated alkanes) is 8. The van der Waals surface area contributed by atoms with Crippen molar-refractivity contribution >= 4 is 11.9 Å². The van der Waals surface area contributed by atoms with E-state index in [1.165, 1.54) is 38.5 Å². The van der Waals surface area contributed by atoms with Gasteiger partial charge in [0.1, 0.15) is 0 Å². The van der Waals surface area contributed by atoms with Crippen LogP contribution in [0.3, 0.4) is 0 Å². The van der Waals surface area contributed by atoms with E-state index in [2.05, 4.69) is 13.8 Å². The van der Waals surface area contributed by atoms with Crippen molar-refractivity contribution in [3.63, 3.8) is 0 Å². The smallest absolute Gasteiger partial charge is 0.338 e. The van der Waals surface area contributed by atoms with Gasteiger partial charge in [0.15, 0.2) is 0 Å². The molecule has 0 aliphatic rings. The van der Waals surface area contributed by atoms with Gasteiger partial charge in [-0.2, -0.15) is 0 Å². The van der Waals surface area contributed by atoms with Crippen LogP contribution in [0.1, 0.15) is 98.8 Å². The van der Waals surface area contributed by atoms with Crippen LogP contribution in [-0.4, -0.2) is 25.2 Å². The van der Waals surface area contributed by atoms with Crippen LogP contribution in [-0.2, 0) is 9.47 Å². The van der Waals surface area contributed by atoms with E-state index < -0.39 is 0 Å². The number of benzene rings is 1. The Balaban J connectivity index is 2.26. The highest BCUT2D eigenvalue weighted by Gasteiger charge is 2.10. The summed E-state index contributed by atoms with van der Waals surface area (Å²) >= 11 is 0. The Morgan fingerprint density at radius 2 is 0.962 bits per heavy atom. The fraction of sp³-hybridized carbons (Fsp3) is 0.636. The minimum absolute atomic E-state index is 0.337. The average Bonchev–Trinajstić information content (AvgIpc) is 2.67. The van der Waals surface area contributed by atoms with Gasteiger partial charge >= 0.3 is 11.9 Å². The lowest BCUT2D eigenvalue weighted by Gasteiger charge is -2.07. The Morgan fingerprint density at radius 1 is 0.615 bits per heavy atom. The van der Waals surface area contributed by atoms with Crippen LogP contribution in [0.2, 0.25) is 0 Å². The molecule has 0 aromatic heterocycles. The number of hydrogen-bond donors (Lipinski definition) is 0. The highest BCUT2D eigenvalue weighted by molar-refractivity contribution is 5.93. The summed E-state index contributed by atoms with van der Waals surface area (Å²) in [4.78, 5) is 23.9. The molecule has 0 heterocycles. The summed E-state index contributed by atoms with van der Waals surface area (Å²) in [6.07, 6.45) is 11.2. The highest BCUT2D eigenvalue weighted by atomic mass is 16.5. The van der Waals surface area contributed by atoms with E-state index in [0.717, 1.165) is 25.7 Å². The summed E-state index contributed by atoms with van der Waals surface area (Å²) in [5.41, 5.74) is 0.935. The largest absolute Gasteiger partial charge is 0.462 e. The van der Waals surface area contributed by atoms with Crippen molar-refractivity contribution in [2.75, 3.05) is 13.2 Å². The van der Waals surface area contributed by atoms with E-state index >= 15 is 0 Å². The van der Waals surface area contributed by atoms with Gasteiger partial charge in [-0.1, -0.05) is 65.2 Å². The summed E-state index contributed by atoms with van der Waals surface area (Å²) in [6.45, 7) is 5.24. The van der Waals surface area contributed by atoms with Gasteiger partial charge in [0, 0.05) is 0 Å². The van der Waals surface area contributed by atoms with Crippen molar-refractivity contribution in [3.8, 4) is 0 Å². The second-order valence-electron chi connectivity index (χ2n) is 6.68. The van der Waals surface area contributed by atoms with Gasteiger partial charge in [0.2, 0.25) is 0 Å². The quantitative estimate of drug-likeness (QED) is 0.303. The molecule has 0 saturated heterocycles. The molecule has 1 aromatic rings. The van der Waals surface area contributed by atoms with Crippen LogP contribution in [0.5, 0.6) is 0 Å². The molecule has 0 N–H and O–H groups in total. The monoisotopic (exact) mass is 362 g/mol. The third-order valence-corrected chi connectivity index (χ3v) is 4.32. The molecular weight excluding hydrogens is 328 g/mol. The molecule has 26 heavy (non-hydrogen) atoms. The molecule has 0 saturated carbocycles. The van der Waals surface area contributed by atoms with Crippen molar-refractivity contribution in [1.82, 2.24) is 0 Å². The van der Waals surface area contributed by atoms with Crippen molar-refractivity contribution in [1.29, 1.82) is 0 Å². The molecule has 0 spiro atoms. The standard InChI is InChI=1S/C22H34O4/c1-3-5-7-9-11-17-25-21(23)19-13-15-20(16-14-19)22(24)26-18-12-10-8-6-4-2/h13-16H,3-12,17-18H2,1-2H3. The summed E-state index contributed by atoms with van der Waals surface area (Å²) in [5.74, 6) is -0.673. The molecule has 1 rings (SSSR count). The number of ether oxygens (including phenoxy) is 2. The van der Waals surface area contributed by atoms with Gasteiger partial charge in [0.25, 0.3) is 0 Å². The van der Waals surface area contributed by atoms with Gasteiger partial charge in [0.05, 0.1) is 24.3 Å². The fourth-order valence-electron chi connectivity index (χ4n) is 2.65. The second kappa shape index (κ2) is 14.3. The zero-order valence-electron chi connectivity index (χ0n) is 16.4. The molecule has 146 valence electrons. The third-order valence-electron chi connectivity index (χ3n) is 4.32. The minimum atomic E-state index is -0.337. The topological polar surface area (TPSA) is 52.6 Å². The summed E-state index contributed by atoms with van der Waals surface area (Å²) in [5, 5.41) is 0. The lowest BCUT2D eigenvalue weighted by molar-refractivity contribution is 0.0483. The Morgan fingerprint density at radius 3 is 1.31 bits per heavy atom. The van der Waals surface area contributed by atoms with E-state index in [1.807, 2.05) is 0 Å². The van der Waals surface area contributed by atoms with E-state index in [9.17, 15) is 9.59 Å². The number of carbonyl (C=O) groups excluding carboxylic acids is 2. The van der Waals surface area contributed by atoms with Gasteiger partial charge in [-0.15, -0.1) is 0 Å². The second-order valence-corrected chi connectivity index (χ2v) is 6.68. The van der Waals surface area contributed by atoms with Gasteiger partial charge in [-0.3, -0.25) is 0 Å².